The summed E-state index contributed by atoms with van der Waals surface area (Å²) < 4.78 is 4.87. The van der Waals surface area contributed by atoms with E-state index in [0.717, 1.165) is 35.1 Å². The van der Waals surface area contributed by atoms with Crippen molar-refractivity contribution in [3.8, 4) is 11.1 Å². The van der Waals surface area contributed by atoms with E-state index in [1.54, 1.807) is 6.08 Å². The van der Waals surface area contributed by atoms with Crippen molar-refractivity contribution in [2.75, 3.05) is 7.11 Å². The zero-order valence-electron chi connectivity index (χ0n) is 14.9. The molecule has 0 fully saturated rings. The number of hydrogen-bond acceptors (Lipinski definition) is 3. The van der Waals surface area contributed by atoms with Crippen LogP contribution in [0.1, 0.15) is 36.3 Å². The van der Waals surface area contributed by atoms with E-state index >= 15 is 0 Å². The molecule has 3 rings (SSSR count). The number of unbranched alkanes of at least 4 members (excludes halogenated alkanes) is 1. The summed E-state index contributed by atoms with van der Waals surface area (Å²) in [5, 5.41) is 2.90. The molecule has 2 aromatic rings. The summed E-state index contributed by atoms with van der Waals surface area (Å²) in [5.41, 5.74) is 4.09. The maximum Gasteiger partial charge on any atom is 0.328 e. The van der Waals surface area contributed by atoms with E-state index in [2.05, 4.69) is 11.9 Å². The molecule has 4 nitrogen and oxygen atoms in total. The second-order valence-electron chi connectivity index (χ2n) is 6.41. The van der Waals surface area contributed by atoms with Gasteiger partial charge in [-0.3, -0.25) is 4.79 Å². The predicted octanol–water partition coefficient (Wildman–Crippen LogP) is 3.81. The molecule has 1 atom stereocenters. The average Bonchev–Trinajstić information content (AvgIpc) is 3.01. The number of allylic oxidation sites excluding steroid dienone is 1. The highest BCUT2D eigenvalue weighted by Crippen LogP contribution is 2.44. The number of fused-ring (bicyclic) bond motifs is 3. The van der Waals surface area contributed by atoms with Gasteiger partial charge in [0.05, 0.1) is 13.0 Å². The van der Waals surface area contributed by atoms with Gasteiger partial charge in [-0.2, -0.15) is 0 Å². The van der Waals surface area contributed by atoms with Crippen LogP contribution in [0.25, 0.3) is 11.1 Å². The van der Waals surface area contributed by atoms with Gasteiger partial charge in [-0.15, -0.1) is 6.58 Å². The Morgan fingerprint density at radius 2 is 1.69 bits per heavy atom. The number of ether oxygens (including phenoxy) is 1. The fraction of sp³-hybridized carbons (Fsp3) is 0.273. The first-order valence-electron chi connectivity index (χ1n) is 8.84. The van der Waals surface area contributed by atoms with Gasteiger partial charge < -0.3 is 10.1 Å². The number of esters is 1. The van der Waals surface area contributed by atoms with Crippen LogP contribution in [-0.4, -0.2) is 25.0 Å². The van der Waals surface area contributed by atoms with E-state index in [0.29, 0.717) is 6.42 Å². The van der Waals surface area contributed by atoms with Gasteiger partial charge in [0.15, 0.2) is 0 Å². The van der Waals surface area contributed by atoms with E-state index in [-0.39, 0.29) is 5.91 Å². The number of rotatable bonds is 7. The molecule has 0 spiro atoms. The Hall–Kier alpha value is -2.88. The van der Waals surface area contributed by atoms with Crippen LogP contribution < -0.4 is 5.32 Å². The highest BCUT2D eigenvalue weighted by Gasteiger charge is 2.35. The molecule has 0 aromatic heterocycles. The zero-order chi connectivity index (χ0) is 18.5. The monoisotopic (exact) mass is 349 g/mol. The van der Waals surface area contributed by atoms with E-state index in [4.69, 9.17) is 4.74 Å². The molecule has 1 aliphatic carbocycles. The number of nitrogens with one attached hydrogen (secondary N) is 1. The van der Waals surface area contributed by atoms with Gasteiger partial charge in [0, 0.05) is 0 Å². The number of benzene rings is 2. The van der Waals surface area contributed by atoms with Crippen molar-refractivity contribution >= 4 is 11.9 Å². The molecule has 0 bridgehead atoms. The van der Waals surface area contributed by atoms with E-state index < -0.39 is 17.9 Å². The number of methoxy groups -OCH3 is 1. The maximum absolute atomic E-state index is 13.1. The minimum Gasteiger partial charge on any atom is -0.467 e. The largest absolute Gasteiger partial charge is 0.467 e. The number of carbonyl (C=O) groups excluding carboxylic acids is 2. The van der Waals surface area contributed by atoms with Gasteiger partial charge >= 0.3 is 5.97 Å². The second-order valence-corrected chi connectivity index (χ2v) is 6.41. The summed E-state index contributed by atoms with van der Waals surface area (Å²) in [6.07, 6.45) is 3.89. The van der Waals surface area contributed by atoms with Crippen LogP contribution in [0.4, 0.5) is 0 Å². The van der Waals surface area contributed by atoms with Crippen LogP contribution in [0.3, 0.4) is 0 Å². The highest BCUT2D eigenvalue weighted by atomic mass is 16.5. The summed E-state index contributed by atoms with van der Waals surface area (Å²) in [5.74, 6) is -0.993. The molecule has 0 saturated carbocycles. The fourth-order valence-electron chi connectivity index (χ4n) is 3.55. The summed E-state index contributed by atoms with van der Waals surface area (Å²) in [6, 6.07) is 15.2. The molecule has 0 saturated heterocycles. The Bertz CT molecular complexity index is 782. The van der Waals surface area contributed by atoms with Crippen molar-refractivity contribution in [2.45, 2.75) is 31.2 Å². The number of amides is 1. The minimum absolute atomic E-state index is 0.170. The van der Waals surface area contributed by atoms with Crippen molar-refractivity contribution < 1.29 is 14.3 Å². The van der Waals surface area contributed by atoms with Gasteiger partial charge in [-0.1, -0.05) is 54.6 Å². The fourth-order valence-corrected chi connectivity index (χ4v) is 3.55. The summed E-state index contributed by atoms with van der Waals surface area (Å²) in [7, 11) is 1.34. The first kappa shape index (κ1) is 17.9. The van der Waals surface area contributed by atoms with Crippen LogP contribution in [0.15, 0.2) is 61.2 Å². The van der Waals surface area contributed by atoms with Crippen molar-refractivity contribution in [3.63, 3.8) is 0 Å². The third kappa shape index (κ3) is 3.40. The molecule has 4 heteroatoms. The molecule has 2 aromatic carbocycles. The Morgan fingerprint density at radius 1 is 1.12 bits per heavy atom. The van der Waals surface area contributed by atoms with Gasteiger partial charge in [0.1, 0.15) is 6.04 Å². The Morgan fingerprint density at radius 3 is 2.23 bits per heavy atom. The molecule has 1 N–H and O–H groups in total. The lowest BCUT2D eigenvalue weighted by molar-refractivity contribution is -0.145. The normalized spacial score (nSPS) is 13.4. The van der Waals surface area contributed by atoms with Crippen molar-refractivity contribution in [1.82, 2.24) is 5.32 Å². The lowest BCUT2D eigenvalue weighted by atomic mass is 9.95. The topological polar surface area (TPSA) is 55.4 Å². The number of hydrogen-bond donors (Lipinski definition) is 1. The lowest BCUT2D eigenvalue weighted by Crippen LogP contribution is -2.43. The van der Waals surface area contributed by atoms with E-state index in [1.165, 1.54) is 7.11 Å². The van der Waals surface area contributed by atoms with Crippen LogP contribution >= 0.6 is 0 Å². The van der Waals surface area contributed by atoms with Crippen molar-refractivity contribution in [1.29, 1.82) is 0 Å². The smallest absolute Gasteiger partial charge is 0.328 e. The van der Waals surface area contributed by atoms with Crippen LogP contribution in [0.5, 0.6) is 0 Å². The minimum atomic E-state index is -0.646. The molecule has 134 valence electrons. The quantitative estimate of drug-likeness (QED) is 0.470. The Labute approximate surface area is 153 Å². The lowest BCUT2D eigenvalue weighted by Gasteiger charge is -2.20. The van der Waals surface area contributed by atoms with Gasteiger partial charge in [0.2, 0.25) is 5.91 Å². The second kappa shape index (κ2) is 8.00. The molecule has 0 radical (unpaired) electrons. The molecule has 1 amide bonds. The molecule has 0 unspecified atom stereocenters. The molecule has 1 aliphatic rings. The van der Waals surface area contributed by atoms with Crippen LogP contribution in [0.2, 0.25) is 0 Å². The summed E-state index contributed by atoms with van der Waals surface area (Å²) >= 11 is 0. The first-order chi connectivity index (χ1) is 12.7. The molecular weight excluding hydrogens is 326 g/mol. The molecule has 0 aliphatic heterocycles. The first-order valence-corrected chi connectivity index (χ1v) is 8.84. The van der Waals surface area contributed by atoms with Gasteiger partial charge in [-0.05, 0) is 41.5 Å². The highest BCUT2D eigenvalue weighted by molar-refractivity contribution is 5.97. The molecule has 26 heavy (non-hydrogen) atoms. The summed E-state index contributed by atoms with van der Waals surface area (Å²) in [6.45, 7) is 3.69. The van der Waals surface area contributed by atoms with Crippen molar-refractivity contribution in [3.05, 3.63) is 72.3 Å². The van der Waals surface area contributed by atoms with Gasteiger partial charge in [-0.25, -0.2) is 4.79 Å². The molecule has 0 heterocycles. The maximum atomic E-state index is 13.1. The third-order valence-corrected chi connectivity index (χ3v) is 4.80. The predicted molar refractivity (Wildman–Crippen MR) is 102 cm³/mol. The average molecular weight is 349 g/mol. The van der Waals surface area contributed by atoms with E-state index in [1.807, 2.05) is 48.5 Å². The Balaban J connectivity index is 1.86. The Kier molecular flexibility index (Phi) is 5.52. The van der Waals surface area contributed by atoms with E-state index in [9.17, 15) is 9.59 Å². The molecular formula is C22H23NO3. The van der Waals surface area contributed by atoms with Gasteiger partial charge in [0.25, 0.3) is 0 Å². The third-order valence-electron chi connectivity index (χ3n) is 4.80. The van der Waals surface area contributed by atoms with Crippen LogP contribution in [0, 0.1) is 0 Å². The number of carbonyl (C=O) groups is 2. The standard InChI is InChI=1S/C22H23NO3/c1-3-4-5-14-19(22(25)26-2)23-21(24)20-17-12-8-6-10-15(17)16-11-7-9-13-18(16)20/h3,6-13,19-20H,1,4-5,14H2,2H3,(H,23,24)/t19-/m1/s1. The SMILES string of the molecule is C=CCCC[C@@H](NC(=O)C1c2ccccc2-c2ccccc21)C(=O)OC. The summed E-state index contributed by atoms with van der Waals surface area (Å²) in [4.78, 5) is 25.2. The zero-order valence-corrected chi connectivity index (χ0v) is 14.9. The van der Waals surface area contributed by atoms with Crippen LogP contribution in [-0.2, 0) is 14.3 Å². The van der Waals surface area contributed by atoms with Crippen molar-refractivity contribution in [2.24, 2.45) is 0 Å².